The molecular weight excluding hydrogens is 220 g/mol. The van der Waals surface area contributed by atoms with Crippen LogP contribution in [0.25, 0.3) is 0 Å². The average molecular weight is 244 g/mol. The molecule has 0 aromatic rings. The second kappa shape index (κ2) is 6.93. The van der Waals surface area contributed by atoms with Gasteiger partial charge in [-0.2, -0.15) is 0 Å². The maximum absolute atomic E-state index is 12.0. The summed E-state index contributed by atoms with van der Waals surface area (Å²) in [5.41, 5.74) is 5.81. The first kappa shape index (κ1) is 14.4. The lowest BCUT2D eigenvalue weighted by Crippen LogP contribution is -2.48. The van der Waals surface area contributed by atoms with E-state index in [1.54, 1.807) is 0 Å². The maximum atomic E-state index is 12.0. The van der Waals surface area contributed by atoms with Crippen molar-refractivity contribution in [3.8, 4) is 0 Å². The number of carbonyl (C=O) groups is 1. The van der Waals surface area contributed by atoms with Crippen molar-refractivity contribution in [1.29, 1.82) is 0 Å². The number of hydrogen-bond donors (Lipinski definition) is 2. The second-order valence-electron chi connectivity index (χ2n) is 4.83. The van der Waals surface area contributed by atoms with E-state index in [0.29, 0.717) is 32.3 Å². The van der Waals surface area contributed by atoms with Crippen LogP contribution >= 0.6 is 0 Å². The van der Waals surface area contributed by atoms with Crippen LogP contribution in [0.2, 0.25) is 0 Å². The monoisotopic (exact) mass is 244 g/mol. The molecule has 0 aromatic heterocycles. The number of ether oxygens (including phenoxy) is 2. The van der Waals surface area contributed by atoms with Gasteiger partial charge in [-0.25, -0.2) is 0 Å². The largest absolute Gasteiger partial charge is 0.380 e. The summed E-state index contributed by atoms with van der Waals surface area (Å²) in [5, 5.41) is 3.00. The third-order valence-corrected chi connectivity index (χ3v) is 3.10. The molecule has 0 spiro atoms. The highest BCUT2D eigenvalue weighted by molar-refractivity contribution is 5.80. The van der Waals surface area contributed by atoms with E-state index in [1.165, 1.54) is 0 Å². The molecular formula is C12H24N2O3. The Hall–Kier alpha value is -0.650. The molecule has 17 heavy (non-hydrogen) atoms. The van der Waals surface area contributed by atoms with Gasteiger partial charge in [0, 0.05) is 12.6 Å². The Morgan fingerprint density at radius 1 is 1.53 bits per heavy atom. The predicted octanol–water partition coefficient (Wildman–Crippen LogP) is 0.137. The lowest BCUT2D eigenvalue weighted by atomic mass is 10.0. The normalized spacial score (nSPS) is 26.2. The van der Waals surface area contributed by atoms with E-state index < -0.39 is 0 Å². The molecule has 1 saturated heterocycles. The summed E-state index contributed by atoms with van der Waals surface area (Å²) in [7, 11) is 0. The van der Waals surface area contributed by atoms with Gasteiger partial charge in [0.15, 0.2) is 0 Å². The number of amides is 1. The summed E-state index contributed by atoms with van der Waals surface area (Å²) in [4.78, 5) is 12.0. The minimum atomic E-state index is -0.224. The molecule has 3 unspecified atom stereocenters. The van der Waals surface area contributed by atoms with Gasteiger partial charge in [0.1, 0.15) is 0 Å². The van der Waals surface area contributed by atoms with Crippen molar-refractivity contribution in [1.82, 2.24) is 5.32 Å². The molecule has 0 bridgehead atoms. The first-order valence-electron chi connectivity index (χ1n) is 6.27. The van der Waals surface area contributed by atoms with Crippen LogP contribution < -0.4 is 11.1 Å². The summed E-state index contributed by atoms with van der Waals surface area (Å²) in [6.45, 7) is 8.17. The van der Waals surface area contributed by atoms with Crippen LogP contribution in [0.5, 0.6) is 0 Å². The molecule has 0 aromatic carbocycles. The quantitative estimate of drug-likeness (QED) is 0.697. The van der Waals surface area contributed by atoms with Gasteiger partial charge in [0.05, 0.1) is 31.8 Å². The zero-order valence-corrected chi connectivity index (χ0v) is 10.9. The first-order valence-corrected chi connectivity index (χ1v) is 6.27. The van der Waals surface area contributed by atoms with Gasteiger partial charge in [0.2, 0.25) is 5.91 Å². The van der Waals surface area contributed by atoms with E-state index in [1.807, 2.05) is 6.92 Å². The lowest BCUT2D eigenvalue weighted by molar-refractivity contribution is -0.126. The van der Waals surface area contributed by atoms with E-state index in [2.05, 4.69) is 19.2 Å². The number of nitrogens with one attached hydrogen (secondary N) is 1. The topological polar surface area (TPSA) is 73.6 Å². The smallest absolute Gasteiger partial charge is 0.227 e. The van der Waals surface area contributed by atoms with Gasteiger partial charge in [-0.15, -0.1) is 0 Å². The Balaban J connectivity index is 2.45. The van der Waals surface area contributed by atoms with Crippen LogP contribution in [-0.4, -0.2) is 44.4 Å². The average Bonchev–Trinajstić information content (AvgIpc) is 2.70. The molecule has 0 aliphatic carbocycles. The van der Waals surface area contributed by atoms with E-state index in [-0.39, 0.29) is 23.9 Å². The molecule has 1 aliphatic rings. The highest BCUT2D eigenvalue weighted by atomic mass is 16.5. The van der Waals surface area contributed by atoms with Crippen LogP contribution in [-0.2, 0) is 14.3 Å². The predicted molar refractivity (Wildman–Crippen MR) is 65.5 cm³/mol. The molecule has 1 heterocycles. The van der Waals surface area contributed by atoms with Crippen molar-refractivity contribution < 1.29 is 14.3 Å². The Morgan fingerprint density at radius 2 is 2.24 bits per heavy atom. The van der Waals surface area contributed by atoms with E-state index in [0.717, 1.165) is 0 Å². The third kappa shape index (κ3) is 4.26. The molecule has 3 atom stereocenters. The van der Waals surface area contributed by atoms with E-state index in [9.17, 15) is 4.79 Å². The summed E-state index contributed by atoms with van der Waals surface area (Å²) in [5.74, 6) is 0.0929. The summed E-state index contributed by atoms with van der Waals surface area (Å²) >= 11 is 0. The summed E-state index contributed by atoms with van der Waals surface area (Å²) < 4.78 is 10.6. The Bertz CT molecular complexity index is 246. The Morgan fingerprint density at radius 3 is 2.71 bits per heavy atom. The minimum absolute atomic E-state index is 0.0200. The van der Waals surface area contributed by atoms with Gasteiger partial charge in [-0.3, -0.25) is 4.79 Å². The van der Waals surface area contributed by atoms with Crippen LogP contribution in [0.3, 0.4) is 0 Å². The van der Waals surface area contributed by atoms with E-state index >= 15 is 0 Å². The van der Waals surface area contributed by atoms with Crippen molar-refractivity contribution in [3.05, 3.63) is 0 Å². The fourth-order valence-corrected chi connectivity index (χ4v) is 1.78. The summed E-state index contributed by atoms with van der Waals surface area (Å²) in [6, 6.07) is -0.148. The fraction of sp³-hybridized carbons (Fsp3) is 0.917. The Kier molecular flexibility index (Phi) is 5.88. The van der Waals surface area contributed by atoms with Gasteiger partial charge in [-0.05, 0) is 12.8 Å². The van der Waals surface area contributed by atoms with Crippen molar-refractivity contribution in [3.63, 3.8) is 0 Å². The highest BCUT2D eigenvalue weighted by Crippen LogP contribution is 2.13. The minimum Gasteiger partial charge on any atom is -0.380 e. The van der Waals surface area contributed by atoms with E-state index in [4.69, 9.17) is 15.2 Å². The van der Waals surface area contributed by atoms with Crippen LogP contribution in [0.4, 0.5) is 0 Å². The number of rotatable bonds is 6. The number of carbonyl (C=O) groups excluding carboxylic acids is 1. The molecule has 0 saturated carbocycles. The fourth-order valence-electron chi connectivity index (χ4n) is 1.78. The zero-order chi connectivity index (χ0) is 12.8. The van der Waals surface area contributed by atoms with Gasteiger partial charge in [-0.1, -0.05) is 13.8 Å². The van der Waals surface area contributed by atoms with Crippen LogP contribution in [0.1, 0.15) is 20.8 Å². The van der Waals surface area contributed by atoms with Gasteiger partial charge >= 0.3 is 0 Å². The summed E-state index contributed by atoms with van der Waals surface area (Å²) in [6.07, 6.45) is 0. The molecule has 1 aliphatic heterocycles. The van der Waals surface area contributed by atoms with Crippen LogP contribution in [0.15, 0.2) is 0 Å². The molecule has 1 rings (SSSR count). The Labute approximate surface area is 103 Å². The standard InChI is InChI=1S/C12H24N2O3/c1-4-16-7-11(8(2)3)14-12(15)9-5-17-6-10(9)13/h8-11H,4-7,13H2,1-3H3,(H,14,15). The zero-order valence-electron chi connectivity index (χ0n) is 10.9. The second-order valence-corrected chi connectivity index (χ2v) is 4.83. The molecule has 3 N–H and O–H groups in total. The number of hydrogen-bond acceptors (Lipinski definition) is 4. The molecule has 0 radical (unpaired) electrons. The van der Waals surface area contributed by atoms with Gasteiger partial charge in [0.25, 0.3) is 0 Å². The molecule has 1 amide bonds. The molecule has 100 valence electrons. The maximum Gasteiger partial charge on any atom is 0.227 e. The van der Waals surface area contributed by atoms with Gasteiger partial charge < -0.3 is 20.5 Å². The SMILES string of the molecule is CCOCC(NC(=O)C1COCC1N)C(C)C. The lowest BCUT2D eigenvalue weighted by Gasteiger charge is -2.24. The molecule has 1 fully saturated rings. The van der Waals surface area contributed by atoms with Crippen molar-refractivity contribution in [2.24, 2.45) is 17.6 Å². The highest BCUT2D eigenvalue weighted by Gasteiger charge is 2.32. The third-order valence-electron chi connectivity index (χ3n) is 3.10. The first-order chi connectivity index (χ1) is 8.06. The van der Waals surface area contributed by atoms with Crippen LogP contribution in [0, 0.1) is 11.8 Å². The molecule has 5 nitrogen and oxygen atoms in total. The van der Waals surface area contributed by atoms with Crippen molar-refractivity contribution >= 4 is 5.91 Å². The number of nitrogens with two attached hydrogens (primary N) is 1. The van der Waals surface area contributed by atoms with Crippen molar-refractivity contribution in [2.45, 2.75) is 32.9 Å². The van der Waals surface area contributed by atoms with Crippen molar-refractivity contribution in [2.75, 3.05) is 26.4 Å². The molecule has 5 heteroatoms.